The molecule has 1 saturated heterocycles. The highest BCUT2D eigenvalue weighted by Crippen LogP contribution is 2.02. The number of hydrogen-bond acceptors (Lipinski definition) is 3. The van der Waals surface area contributed by atoms with Gasteiger partial charge in [0.2, 0.25) is 0 Å². The van der Waals surface area contributed by atoms with E-state index in [1.807, 2.05) is 6.20 Å². The second kappa shape index (κ2) is 3.42. The molecular formula is C8H15N3. The Morgan fingerprint density at radius 3 is 2.82 bits per heavy atom. The Hall–Kier alpha value is -0.990. The summed E-state index contributed by atoms with van der Waals surface area (Å²) >= 11 is 0. The molecule has 0 atom stereocenters. The van der Waals surface area contributed by atoms with Crippen LogP contribution in [-0.2, 0) is 0 Å². The van der Waals surface area contributed by atoms with Crippen molar-refractivity contribution in [2.24, 2.45) is 0 Å². The first-order valence-corrected chi connectivity index (χ1v) is 3.98. The van der Waals surface area contributed by atoms with E-state index in [0.29, 0.717) is 11.8 Å². The van der Waals surface area contributed by atoms with E-state index in [-0.39, 0.29) is 0 Å². The maximum atomic E-state index is 7.48. The summed E-state index contributed by atoms with van der Waals surface area (Å²) in [5.41, 5.74) is 1.65. The third-order valence-electron chi connectivity index (χ3n) is 1.58. The van der Waals surface area contributed by atoms with Gasteiger partial charge in [-0.25, -0.2) is 0 Å². The molecule has 3 N–H and O–H groups in total. The largest absolute Gasteiger partial charge is 0.387 e. The van der Waals surface area contributed by atoms with Crippen LogP contribution < -0.4 is 10.6 Å². The van der Waals surface area contributed by atoms with Crippen LogP contribution >= 0.6 is 0 Å². The molecule has 0 aromatic heterocycles. The third-order valence-corrected chi connectivity index (χ3v) is 1.58. The van der Waals surface area contributed by atoms with Gasteiger partial charge in [0.05, 0.1) is 11.4 Å². The minimum absolute atomic E-state index is 0.442. The van der Waals surface area contributed by atoms with Gasteiger partial charge < -0.3 is 16.0 Å². The van der Waals surface area contributed by atoms with Gasteiger partial charge in [-0.15, -0.1) is 0 Å². The number of nitrogens with one attached hydrogen (secondary N) is 3. The molecule has 0 unspecified atom stereocenters. The van der Waals surface area contributed by atoms with Crippen molar-refractivity contribution in [3.63, 3.8) is 0 Å². The monoisotopic (exact) mass is 153 g/mol. The number of rotatable bonds is 2. The molecule has 0 aromatic carbocycles. The molecular weight excluding hydrogens is 138 g/mol. The molecule has 1 fully saturated rings. The molecule has 0 radical (unpaired) electrons. The predicted octanol–water partition coefficient (Wildman–Crippen LogP) is 0.839. The standard InChI is InChI=1S/C8H15N3/c1-6(2)11-5-8-7(9)3-4-10-8/h5-6,9-11H,3-4H2,1-2H3/b8-5+,9-7?. The van der Waals surface area contributed by atoms with E-state index < -0.39 is 0 Å². The SMILES string of the molecule is CC(C)N/C=C1/NCCC1=N. The molecule has 1 aliphatic rings. The van der Waals surface area contributed by atoms with Crippen molar-refractivity contribution < 1.29 is 0 Å². The van der Waals surface area contributed by atoms with Crippen LogP contribution in [-0.4, -0.2) is 18.3 Å². The summed E-state index contributed by atoms with van der Waals surface area (Å²) in [6, 6.07) is 0.442. The van der Waals surface area contributed by atoms with Crippen molar-refractivity contribution in [1.29, 1.82) is 5.41 Å². The highest BCUT2D eigenvalue weighted by molar-refractivity contribution is 5.99. The first kappa shape index (κ1) is 8.11. The maximum Gasteiger partial charge on any atom is 0.0712 e. The van der Waals surface area contributed by atoms with Gasteiger partial charge in [-0.2, -0.15) is 0 Å². The van der Waals surface area contributed by atoms with E-state index in [9.17, 15) is 0 Å². The minimum atomic E-state index is 0.442. The highest BCUT2D eigenvalue weighted by Gasteiger charge is 2.11. The fourth-order valence-electron chi connectivity index (χ4n) is 0.952. The first-order chi connectivity index (χ1) is 5.20. The Labute approximate surface area is 67.4 Å². The van der Waals surface area contributed by atoms with Crippen LogP contribution in [0.25, 0.3) is 0 Å². The molecule has 0 spiro atoms. The van der Waals surface area contributed by atoms with Gasteiger partial charge in [0.15, 0.2) is 0 Å². The van der Waals surface area contributed by atoms with E-state index in [0.717, 1.165) is 18.7 Å². The lowest BCUT2D eigenvalue weighted by molar-refractivity contribution is 0.696. The van der Waals surface area contributed by atoms with E-state index in [2.05, 4.69) is 24.5 Å². The van der Waals surface area contributed by atoms with E-state index in [1.54, 1.807) is 0 Å². The molecule has 1 heterocycles. The Kier molecular flexibility index (Phi) is 2.52. The summed E-state index contributed by atoms with van der Waals surface area (Å²) in [4.78, 5) is 0. The lowest BCUT2D eigenvalue weighted by Crippen LogP contribution is -2.19. The Morgan fingerprint density at radius 1 is 1.64 bits per heavy atom. The van der Waals surface area contributed by atoms with Gasteiger partial charge in [0.25, 0.3) is 0 Å². The van der Waals surface area contributed by atoms with Crippen LogP contribution in [0.5, 0.6) is 0 Å². The average molecular weight is 153 g/mol. The minimum Gasteiger partial charge on any atom is -0.387 e. The molecule has 62 valence electrons. The molecule has 0 aliphatic carbocycles. The van der Waals surface area contributed by atoms with Crippen LogP contribution in [0.15, 0.2) is 11.9 Å². The smallest absolute Gasteiger partial charge is 0.0712 e. The summed E-state index contributed by atoms with van der Waals surface area (Å²) in [5, 5.41) is 13.8. The summed E-state index contributed by atoms with van der Waals surface area (Å²) in [6.07, 6.45) is 2.74. The Morgan fingerprint density at radius 2 is 2.36 bits per heavy atom. The van der Waals surface area contributed by atoms with Gasteiger partial charge in [-0.3, -0.25) is 0 Å². The fraction of sp³-hybridized carbons (Fsp3) is 0.625. The third kappa shape index (κ3) is 2.26. The average Bonchev–Trinajstić information content (AvgIpc) is 2.31. The zero-order valence-electron chi connectivity index (χ0n) is 7.07. The zero-order valence-corrected chi connectivity index (χ0v) is 7.07. The fourth-order valence-corrected chi connectivity index (χ4v) is 0.952. The number of allylic oxidation sites excluding steroid dienone is 1. The Balaban J connectivity index is 2.45. The summed E-state index contributed by atoms with van der Waals surface area (Å²) in [7, 11) is 0. The van der Waals surface area contributed by atoms with E-state index >= 15 is 0 Å². The topological polar surface area (TPSA) is 47.9 Å². The molecule has 0 aromatic rings. The van der Waals surface area contributed by atoms with E-state index in [1.165, 1.54) is 0 Å². The lowest BCUT2D eigenvalue weighted by atomic mass is 10.3. The van der Waals surface area contributed by atoms with Crippen LogP contribution in [0, 0.1) is 5.41 Å². The molecule has 11 heavy (non-hydrogen) atoms. The second-order valence-electron chi connectivity index (χ2n) is 3.03. The predicted molar refractivity (Wildman–Crippen MR) is 46.7 cm³/mol. The van der Waals surface area contributed by atoms with Crippen LogP contribution in [0.1, 0.15) is 20.3 Å². The molecule has 0 bridgehead atoms. The van der Waals surface area contributed by atoms with Crippen molar-refractivity contribution in [3.05, 3.63) is 11.9 Å². The summed E-state index contributed by atoms with van der Waals surface area (Å²) < 4.78 is 0. The molecule has 0 saturated carbocycles. The van der Waals surface area contributed by atoms with Crippen molar-refractivity contribution in [2.75, 3.05) is 6.54 Å². The van der Waals surface area contributed by atoms with E-state index in [4.69, 9.17) is 5.41 Å². The highest BCUT2D eigenvalue weighted by atomic mass is 15.0. The van der Waals surface area contributed by atoms with Crippen molar-refractivity contribution in [2.45, 2.75) is 26.3 Å². The van der Waals surface area contributed by atoms with Gasteiger partial charge in [-0.05, 0) is 13.8 Å². The van der Waals surface area contributed by atoms with Crippen molar-refractivity contribution in [3.8, 4) is 0 Å². The zero-order chi connectivity index (χ0) is 8.27. The lowest BCUT2D eigenvalue weighted by Gasteiger charge is -2.05. The van der Waals surface area contributed by atoms with Crippen LogP contribution in [0.4, 0.5) is 0 Å². The first-order valence-electron chi connectivity index (χ1n) is 3.98. The quantitative estimate of drug-likeness (QED) is 0.550. The Bertz CT molecular complexity index is 182. The molecule has 3 nitrogen and oxygen atoms in total. The second-order valence-corrected chi connectivity index (χ2v) is 3.03. The normalized spacial score (nSPS) is 21.0. The van der Waals surface area contributed by atoms with Crippen molar-refractivity contribution in [1.82, 2.24) is 10.6 Å². The van der Waals surface area contributed by atoms with Crippen molar-refractivity contribution >= 4 is 5.71 Å². The summed E-state index contributed by atoms with van der Waals surface area (Å²) in [5.74, 6) is 0. The maximum absolute atomic E-state index is 7.48. The van der Waals surface area contributed by atoms with Crippen LogP contribution in [0.2, 0.25) is 0 Å². The molecule has 1 rings (SSSR count). The van der Waals surface area contributed by atoms with Gasteiger partial charge in [0.1, 0.15) is 0 Å². The molecule has 0 amide bonds. The van der Waals surface area contributed by atoms with Gasteiger partial charge >= 0.3 is 0 Å². The molecule has 1 aliphatic heterocycles. The molecule has 3 heteroatoms. The van der Waals surface area contributed by atoms with Gasteiger partial charge in [0, 0.05) is 25.2 Å². The number of hydrogen-bond donors (Lipinski definition) is 3. The summed E-state index contributed by atoms with van der Waals surface area (Å²) in [6.45, 7) is 5.07. The van der Waals surface area contributed by atoms with Gasteiger partial charge in [-0.1, -0.05) is 0 Å². The van der Waals surface area contributed by atoms with Crippen LogP contribution in [0.3, 0.4) is 0 Å².